The van der Waals surface area contributed by atoms with E-state index in [1.807, 2.05) is 24.3 Å². The third-order valence-electron chi connectivity index (χ3n) is 5.26. The van der Waals surface area contributed by atoms with Crippen LogP contribution in [0.4, 0.5) is 0 Å². The normalized spacial score (nSPS) is 10.9. The summed E-state index contributed by atoms with van der Waals surface area (Å²) in [7, 11) is 0. The molecule has 7 heteroatoms. The zero-order valence-electron chi connectivity index (χ0n) is 17.6. The first-order chi connectivity index (χ1) is 14.9. The number of carboxylic acid groups (broad SMARTS) is 1. The predicted octanol–water partition coefficient (Wildman–Crippen LogP) is 5.11. The van der Waals surface area contributed by atoms with Crippen LogP contribution >= 0.6 is 11.6 Å². The van der Waals surface area contributed by atoms with Crippen molar-refractivity contribution in [3.63, 3.8) is 0 Å². The Bertz CT molecular complexity index is 1160. The molecule has 0 saturated carbocycles. The average molecular weight is 441 g/mol. The molecule has 6 nitrogen and oxygen atoms in total. The van der Waals surface area contributed by atoms with Gasteiger partial charge in [-0.3, -0.25) is 9.36 Å². The van der Waals surface area contributed by atoms with E-state index in [0.29, 0.717) is 17.7 Å². The smallest absolute Gasteiger partial charge is 0.336 e. The minimum atomic E-state index is -0.983. The van der Waals surface area contributed by atoms with Crippen molar-refractivity contribution in [3.05, 3.63) is 81.0 Å². The van der Waals surface area contributed by atoms with Crippen LogP contribution in [0.1, 0.15) is 59.5 Å². The number of aromatic nitrogens is 2. The number of unbranched alkanes of at least 4 members (excludes halogenated alkanes) is 1. The maximum Gasteiger partial charge on any atom is 0.336 e. The quantitative estimate of drug-likeness (QED) is 0.527. The van der Waals surface area contributed by atoms with Gasteiger partial charge in [0.05, 0.1) is 17.8 Å². The third-order valence-corrected chi connectivity index (χ3v) is 5.65. The fourth-order valence-corrected chi connectivity index (χ4v) is 3.94. The van der Waals surface area contributed by atoms with Crippen molar-refractivity contribution in [1.82, 2.24) is 9.13 Å². The molecular weight excluding hydrogens is 416 g/mol. The first kappa shape index (κ1) is 22.6. The molecule has 0 aliphatic carbocycles. The number of halogens is 1. The molecular formula is C24H25ClN2O4. The van der Waals surface area contributed by atoms with Gasteiger partial charge in [0.15, 0.2) is 0 Å². The first-order valence-corrected chi connectivity index (χ1v) is 10.7. The van der Waals surface area contributed by atoms with Gasteiger partial charge in [-0.1, -0.05) is 74.3 Å². The van der Waals surface area contributed by atoms with Crippen LogP contribution in [0.5, 0.6) is 0 Å². The largest absolute Gasteiger partial charge is 0.478 e. The van der Waals surface area contributed by atoms with E-state index in [1.54, 1.807) is 35.8 Å². The number of hydrogen-bond donors (Lipinski definition) is 1. The van der Waals surface area contributed by atoms with Gasteiger partial charge >= 0.3 is 11.7 Å². The van der Waals surface area contributed by atoms with E-state index in [-0.39, 0.29) is 29.6 Å². The van der Waals surface area contributed by atoms with Gasteiger partial charge in [-0.05, 0) is 35.6 Å². The summed E-state index contributed by atoms with van der Waals surface area (Å²) in [4.78, 5) is 36.7. The lowest BCUT2D eigenvalue weighted by Gasteiger charge is -2.10. The summed E-state index contributed by atoms with van der Waals surface area (Å²) in [5.74, 6) is -1.31. The molecule has 3 aromatic rings. The molecule has 0 atom stereocenters. The lowest BCUT2D eigenvalue weighted by atomic mass is 9.99. The highest BCUT2D eigenvalue weighted by Gasteiger charge is 2.22. The molecule has 31 heavy (non-hydrogen) atoms. The Hall–Kier alpha value is -3.12. The van der Waals surface area contributed by atoms with Crippen LogP contribution in [-0.2, 0) is 13.0 Å². The Balaban J connectivity index is 1.97. The fourth-order valence-electron chi connectivity index (χ4n) is 3.57. The highest BCUT2D eigenvalue weighted by atomic mass is 35.5. The van der Waals surface area contributed by atoms with Gasteiger partial charge in [0.2, 0.25) is 5.91 Å². The standard InChI is InChI=1S/C24H25ClN2O4/c1-3-5-10-20-22(25)27(21(28)4-2)24(31)26(20)15-16-11-13-17(14-12-16)18-8-6-7-9-19(18)23(29)30/h6-9,11-14H,3-5,10,15H2,1-2H3,(H,29,30). The second-order valence-corrected chi connectivity index (χ2v) is 7.70. The van der Waals surface area contributed by atoms with Gasteiger partial charge in [-0.2, -0.15) is 0 Å². The minimum Gasteiger partial charge on any atom is -0.478 e. The Morgan fingerprint density at radius 3 is 2.32 bits per heavy atom. The van der Waals surface area contributed by atoms with Gasteiger partial charge < -0.3 is 5.11 Å². The van der Waals surface area contributed by atoms with Gasteiger partial charge in [0.25, 0.3) is 0 Å². The monoisotopic (exact) mass is 440 g/mol. The summed E-state index contributed by atoms with van der Waals surface area (Å²) in [6.45, 7) is 4.03. The Morgan fingerprint density at radius 2 is 1.71 bits per heavy atom. The van der Waals surface area contributed by atoms with E-state index in [2.05, 4.69) is 6.92 Å². The summed E-state index contributed by atoms with van der Waals surface area (Å²) < 4.78 is 2.62. The van der Waals surface area contributed by atoms with Gasteiger partial charge in [-0.25, -0.2) is 14.2 Å². The van der Waals surface area contributed by atoms with Crippen molar-refractivity contribution in [1.29, 1.82) is 0 Å². The topological polar surface area (TPSA) is 81.3 Å². The van der Waals surface area contributed by atoms with Crippen LogP contribution in [0.3, 0.4) is 0 Å². The lowest BCUT2D eigenvalue weighted by molar-refractivity contribution is 0.0697. The molecule has 1 aromatic heterocycles. The summed E-state index contributed by atoms with van der Waals surface area (Å²) in [6, 6.07) is 14.2. The summed E-state index contributed by atoms with van der Waals surface area (Å²) >= 11 is 6.43. The van der Waals surface area contributed by atoms with Gasteiger partial charge in [-0.15, -0.1) is 0 Å². The van der Waals surface area contributed by atoms with E-state index in [0.717, 1.165) is 28.5 Å². The zero-order chi connectivity index (χ0) is 22.5. The molecule has 162 valence electrons. The lowest BCUT2D eigenvalue weighted by Crippen LogP contribution is -2.29. The number of carboxylic acids is 1. The van der Waals surface area contributed by atoms with Gasteiger partial charge in [0, 0.05) is 6.42 Å². The van der Waals surface area contributed by atoms with Crippen LogP contribution in [0.25, 0.3) is 11.1 Å². The van der Waals surface area contributed by atoms with Crippen LogP contribution in [0, 0.1) is 0 Å². The van der Waals surface area contributed by atoms with Crippen LogP contribution in [-0.4, -0.2) is 26.1 Å². The summed E-state index contributed by atoms with van der Waals surface area (Å²) in [6.07, 6.45) is 2.59. The second kappa shape index (κ2) is 9.79. The van der Waals surface area contributed by atoms with Crippen molar-refractivity contribution < 1.29 is 14.7 Å². The molecule has 0 spiro atoms. The van der Waals surface area contributed by atoms with Crippen LogP contribution in [0.15, 0.2) is 53.3 Å². The molecule has 1 heterocycles. The highest BCUT2D eigenvalue weighted by Crippen LogP contribution is 2.25. The SMILES string of the molecule is CCCCc1c(Cl)n(C(=O)CC)c(=O)n1Cc1ccc(-c2ccccc2C(=O)O)cc1. The minimum absolute atomic E-state index is 0.189. The number of imidazole rings is 1. The second-order valence-electron chi connectivity index (χ2n) is 7.34. The van der Waals surface area contributed by atoms with Crippen molar-refractivity contribution in [2.75, 3.05) is 0 Å². The third kappa shape index (κ3) is 4.64. The number of rotatable bonds is 8. The maximum absolute atomic E-state index is 12.9. The van der Waals surface area contributed by atoms with Crippen molar-refractivity contribution in [2.45, 2.75) is 46.1 Å². The molecule has 0 bridgehead atoms. The van der Waals surface area contributed by atoms with Crippen molar-refractivity contribution in [3.8, 4) is 11.1 Å². The summed E-state index contributed by atoms with van der Waals surface area (Å²) in [5.41, 5.74) is 2.73. The maximum atomic E-state index is 12.9. The van der Waals surface area contributed by atoms with Crippen LogP contribution < -0.4 is 5.69 Å². The summed E-state index contributed by atoms with van der Waals surface area (Å²) in [5, 5.41) is 9.61. The van der Waals surface area contributed by atoms with Crippen molar-refractivity contribution >= 4 is 23.5 Å². The van der Waals surface area contributed by atoms with E-state index in [9.17, 15) is 19.5 Å². The van der Waals surface area contributed by atoms with E-state index < -0.39 is 11.7 Å². The number of aromatic carboxylic acids is 1. The number of carbonyl (C=O) groups excluding carboxylic acids is 1. The number of nitrogens with zero attached hydrogens (tertiary/aromatic N) is 2. The molecule has 0 saturated heterocycles. The molecule has 0 fully saturated rings. The molecule has 0 aliphatic heterocycles. The Kier molecular flexibility index (Phi) is 7.13. The van der Waals surface area contributed by atoms with Crippen molar-refractivity contribution in [2.24, 2.45) is 0 Å². The van der Waals surface area contributed by atoms with Crippen LogP contribution in [0.2, 0.25) is 5.15 Å². The molecule has 3 rings (SSSR count). The predicted molar refractivity (Wildman–Crippen MR) is 121 cm³/mol. The number of benzene rings is 2. The van der Waals surface area contributed by atoms with E-state index in [1.165, 1.54) is 0 Å². The Labute approximate surface area is 185 Å². The molecule has 1 N–H and O–H groups in total. The number of carbonyl (C=O) groups is 2. The van der Waals surface area contributed by atoms with Gasteiger partial charge in [0.1, 0.15) is 5.15 Å². The Morgan fingerprint density at radius 1 is 1.03 bits per heavy atom. The molecule has 0 amide bonds. The van der Waals surface area contributed by atoms with E-state index >= 15 is 0 Å². The highest BCUT2D eigenvalue weighted by molar-refractivity contribution is 6.31. The number of hydrogen-bond acceptors (Lipinski definition) is 3. The molecule has 0 aliphatic rings. The first-order valence-electron chi connectivity index (χ1n) is 10.3. The fraction of sp³-hybridized carbons (Fsp3) is 0.292. The zero-order valence-corrected chi connectivity index (χ0v) is 18.4. The average Bonchev–Trinajstić information content (AvgIpc) is 3.01. The molecule has 0 radical (unpaired) electrons. The molecule has 2 aromatic carbocycles. The molecule has 0 unspecified atom stereocenters. The van der Waals surface area contributed by atoms with E-state index in [4.69, 9.17) is 11.6 Å².